The summed E-state index contributed by atoms with van der Waals surface area (Å²) in [6, 6.07) is 13.5. The van der Waals surface area contributed by atoms with E-state index in [9.17, 15) is 13.6 Å². The van der Waals surface area contributed by atoms with E-state index in [2.05, 4.69) is 25.9 Å². The Morgan fingerprint density at radius 2 is 1.91 bits per heavy atom. The van der Waals surface area contributed by atoms with Gasteiger partial charge in [0.05, 0.1) is 11.1 Å². The highest BCUT2D eigenvalue weighted by molar-refractivity contribution is 6.30. The minimum Gasteiger partial charge on any atom is -0.489 e. The highest BCUT2D eigenvalue weighted by atomic mass is 35.5. The number of fused-ring (bicyclic) bond motifs is 1. The SMILES string of the molecule is O=C(Nc1ccc(OCc2ccc(Cl)cc2F)cc1)c1coc2cc(-c3nnn[nH]3)c(F)cc12. The number of tetrazole rings is 1. The number of nitrogens with one attached hydrogen (secondary N) is 2. The smallest absolute Gasteiger partial charge is 0.259 e. The van der Waals surface area contributed by atoms with Crippen molar-refractivity contribution in [2.24, 2.45) is 0 Å². The van der Waals surface area contributed by atoms with Crippen LogP contribution in [0.2, 0.25) is 5.02 Å². The van der Waals surface area contributed by atoms with Crippen molar-refractivity contribution in [3.8, 4) is 17.1 Å². The number of hydrogen-bond acceptors (Lipinski definition) is 6. The van der Waals surface area contributed by atoms with Crippen LogP contribution in [0, 0.1) is 11.6 Å². The van der Waals surface area contributed by atoms with E-state index < -0.39 is 17.5 Å². The molecule has 0 spiro atoms. The highest BCUT2D eigenvalue weighted by Gasteiger charge is 2.19. The van der Waals surface area contributed by atoms with Crippen LogP contribution in [0.1, 0.15) is 15.9 Å². The number of aromatic amines is 1. The van der Waals surface area contributed by atoms with Crippen LogP contribution in [0.15, 0.2) is 65.3 Å². The van der Waals surface area contributed by atoms with Crippen molar-refractivity contribution in [1.29, 1.82) is 0 Å². The van der Waals surface area contributed by atoms with Gasteiger partial charge in [-0.2, -0.15) is 0 Å². The third kappa shape index (κ3) is 4.30. The lowest BCUT2D eigenvalue weighted by Gasteiger charge is -2.09. The second-order valence-electron chi connectivity index (χ2n) is 7.23. The van der Waals surface area contributed by atoms with Gasteiger partial charge in [0.2, 0.25) is 0 Å². The molecule has 0 atom stereocenters. The predicted molar refractivity (Wildman–Crippen MR) is 119 cm³/mol. The maximum Gasteiger partial charge on any atom is 0.259 e. The van der Waals surface area contributed by atoms with Crippen molar-refractivity contribution < 1.29 is 22.7 Å². The fourth-order valence-corrected chi connectivity index (χ4v) is 3.47. The number of rotatable bonds is 6. The fraction of sp³-hybridized carbons (Fsp3) is 0.0435. The number of anilines is 1. The number of H-pyrrole nitrogens is 1. The first-order chi connectivity index (χ1) is 16.5. The Balaban J connectivity index is 1.28. The van der Waals surface area contributed by atoms with Crippen LogP contribution >= 0.6 is 11.6 Å². The number of ether oxygens (including phenoxy) is 1. The molecular weight excluding hydrogens is 468 g/mol. The third-order valence-electron chi connectivity index (χ3n) is 5.03. The number of halogens is 3. The zero-order valence-corrected chi connectivity index (χ0v) is 17.9. The largest absolute Gasteiger partial charge is 0.489 e. The standard InChI is InChI=1S/C23H14ClF2N5O3/c24-13-2-1-12(19(25)7-13)10-33-15-5-3-14(4-6-15)27-23(32)18-11-34-21-9-17(20(26)8-16(18)21)22-28-30-31-29-22/h1-9,11H,10H2,(H,27,32)(H,28,29,30,31). The second kappa shape index (κ2) is 8.91. The summed E-state index contributed by atoms with van der Waals surface area (Å²) in [6.45, 7) is 0.0212. The van der Waals surface area contributed by atoms with E-state index in [-0.39, 0.29) is 23.6 Å². The second-order valence-corrected chi connectivity index (χ2v) is 7.67. The molecule has 0 aliphatic rings. The van der Waals surface area contributed by atoms with E-state index in [1.165, 1.54) is 24.5 Å². The first-order valence-corrected chi connectivity index (χ1v) is 10.3. The molecular formula is C23H14ClF2N5O3. The van der Waals surface area contributed by atoms with Gasteiger partial charge in [0, 0.05) is 21.7 Å². The predicted octanol–water partition coefficient (Wildman–Crippen LogP) is 5.38. The summed E-state index contributed by atoms with van der Waals surface area (Å²) in [4.78, 5) is 12.8. The molecule has 0 bridgehead atoms. The summed E-state index contributed by atoms with van der Waals surface area (Å²) in [5.41, 5.74) is 1.43. The highest BCUT2D eigenvalue weighted by Crippen LogP contribution is 2.29. The monoisotopic (exact) mass is 481 g/mol. The van der Waals surface area contributed by atoms with Crippen molar-refractivity contribution in [3.05, 3.63) is 88.6 Å². The summed E-state index contributed by atoms with van der Waals surface area (Å²) in [7, 11) is 0. The molecule has 0 saturated carbocycles. The molecule has 0 fully saturated rings. The summed E-state index contributed by atoms with van der Waals surface area (Å²) >= 11 is 5.75. The molecule has 2 N–H and O–H groups in total. The number of amides is 1. The molecule has 2 aromatic heterocycles. The summed E-state index contributed by atoms with van der Waals surface area (Å²) in [6.07, 6.45) is 1.25. The van der Waals surface area contributed by atoms with E-state index >= 15 is 0 Å². The molecule has 34 heavy (non-hydrogen) atoms. The van der Waals surface area contributed by atoms with Crippen LogP contribution in [-0.2, 0) is 6.61 Å². The number of carbonyl (C=O) groups is 1. The van der Waals surface area contributed by atoms with Crippen molar-refractivity contribution in [3.63, 3.8) is 0 Å². The van der Waals surface area contributed by atoms with Crippen molar-refractivity contribution in [1.82, 2.24) is 20.6 Å². The molecule has 0 aliphatic heterocycles. The molecule has 0 aliphatic carbocycles. The first kappa shape index (κ1) is 21.5. The molecule has 8 nitrogen and oxygen atoms in total. The Hall–Kier alpha value is -4.31. The Kier molecular flexibility index (Phi) is 5.64. The van der Waals surface area contributed by atoms with Crippen LogP contribution < -0.4 is 10.1 Å². The lowest BCUT2D eigenvalue weighted by molar-refractivity contribution is 0.102. The molecule has 0 unspecified atom stereocenters. The van der Waals surface area contributed by atoms with Gasteiger partial charge in [-0.05, 0) is 59.0 Å². The van der Waals surface area contributed by atoms with Crippen LogP contribution in [-0.4, -0.2) is 26.5 Å². The van der Waals surface area contributed by atoms with Gasteiger partial charge in [0.15, 0.2) is 5.82 Å². The molecule has 11 heteroatoms. The zero-order valence-electron chi connectivity index (χ0n) is 17.2. The topological polar surface area (TPSA) is 106 Å². The zero-order chi connectivity index (χ0) is 23.7. The molecule has 0 radical (unpaired) electrons. The van der Waals surface area contributed by atoms with Gasteiger partial charge in [-0.25, -0.2) is 13.9 Å². The van der Waals surface area contributed by atoms with Gasteiger partial charge in [-0.1, -0.05) is 17.7 Å². The molecule has 1 amide bonds. The minimum atomic E-state index is -0.611. The van der Waals surface area contributed by atoms with Crippen molar-refractivity contribution in [2.75, 3.05) is 5.32 Å². The fourth-order valence-electron chi connectivity index (χ4n) is 3.31. The van der Waals surface area contributed by atoms with Crippen LogP contribution in [0.5, 0.6) is 5.75 Å². The molecule has 5 rings (SSSR count). The van der Waals surface area contributed by atoms with Crippen LogP contribution in [0.25, 0.3) is 22.4 Å². The molecule has 0 saturated heterocycles. The average molecular weight is 482 g/mol. The molecule has 5 aromatic rings. The lowest BCUT2D eigenvalue weighted by Crippen LogP contribution is -2.11. The van der Waals surface area contributed by atoms with Gasteiger partial charge >= 0.3 is 0 Å². The van der Waals surface area contributed by atoms with Gasteiger partial charge < -0.3 is 14.5 Å². The van der Waals surface area contributed by atoms with Gasteiger partial charge in [0.1, 0.15) is 35.8 Å². The quantitative estimate of drug-likeness (QED) is 0.337. The molecule has 170 valence electrons. The number of benzene rings is 3. The number of hydrogen-bond donors (Lipinski definition) is 2. The van der Waals surface area contributed by atoms with E-state index in [1.807, 2.05) is 0 Å². The van der Waals surface area contributed by atoms with E-state index in [4.69, 9.17) is 20.8 Å². The first-order valence-electron chi connectivity index (χ1n) is 9.91. The Labute approximate surface area is 195 Å². The van der Waals surface area contributed by atoms with E-state index in [1.54, 1.807) is 36.4 Å². The number of aromatic nitrogens is 4. The summed E-state index contributed by atoms with van der Waals surface area (Å²) in [5, 5.41) is 16.4. The lowest BCUT2D eigenvalue weighted by atomic mass is 10.1. The van der Waals surface area contributed by atoms with Crippen molar-refractivity contribution >= 4 is 34.2 Å². The number of nitrogens with zero attached hydrogens (tertiary/aromatic N) is 3. The van der Waals surface area contributed by atoms with E-state index in [0.717, 1.165) is 0 Å². The van der Waals surface area contributed by atoms with E-state index in [0.29, 0.717) is 33.0 Å². The van der Waals surface area contributed by atoms with Crippen molar-refractivity contribution in [2.45, 2.75) is 6.61 Å². The normalized spacial score (nSPS) is 11.0. The maximum atomic E-state index is 14.6. The number of carbonyl (C=O) groups excluding carboxylic acids is 1. The Morgan fingerprint density at radius 1 is 1.09 bits per heavy atom. The average Bonchev–Trinajstić information content (AvgIpc) is 3.49. The van der Waals surface area contributed by atoms with Crippen LogP contribution in [0.4, 0.5) is 14.5 Å². The number of furan rings is 1. The maximum absolute atomic E-state index is 14.6. The van der Waals surface area contributed by atoms with Crippen LogP contribution in [0.3, 0.4) is 0 Å². The molecule has 2 heterocycles. The van der Waals surface area contributed by atoms with Gasteiger partial charge in [-0.15, -0.1) is 5.10 Å². The molecule has 3 aromatic carbocycles. The Morgan fingerprint density at radius 3 is 2.65 bits per heavy atom. The third-order valence-corrected chi connectivity index (χ3v) is 5.26. The van der Waals surface area contributed by atoms with Gasteiger partial charge in [0.25, 0.3) is 5.91 Å². The Bertz CT molecular complexity index is 1490. The summed E-state index contributed by atoms with van der Waals surface area (Å²) < 4.78 is 39.5. The minimum absolute atomic E-state index is 0.0212. The van der Waals surface area contributed by atoms with Gasteiger partial charge in [-0.3, -0.25) is 4.79 Å². The summed E-state index contributed by atoms with van der Waals surface area (Å²) in [5.74, 6) is -0.922.